The molecule has 2 atom stereocenters. The summed E-state index contributed by atoms with van der Waals surface area (Å²) in [5.41, 5.74) is 7.12. The van der Waals surface area contributed by atoms with Crippen molar-refractivity contribution in [3.8, 4) is 5.75 Å². The summed E-state index contributed by atoms with van der Waals surface area (Å²) in [6.07, 6.45) is 2.28. The second kappa shape index (κ2) is 11.9. The predicted octanol–water partition coefficient (Wildman–Crippen LogP) is 4.98. The van der Waals surface area contributed by atoms with Crippen LogP contribution in [-0.4, -0.2) is 41.3 Å². The smallest absolute Gasteiger partial charge is 0.311 e. The Labute approximate surface area is 220 Å². The number of nitrogen functional groups attached to an aromatic ring is 1. The summed E-state index contributed by atoms with van der Waals surface area (Å²) in [5, 5.41) is 29.9. The molecule has 1 saturated heterocycles. The second-order valence-electron chi connectivity index (χ2n) is 8.57. The molecule has 1 aliphatic rings. The Balaban J connectivity index is 0.00000216. The van der Waals surface area contributed by atoms with Gasteiger partial charge in [0.2, 0.25) is 0 Å². The van der Waals surface area contributed by atoms with Crippen LogP contribution in [0, 0.1) is 10.8 Å². The lowest BCUT2D eigenvalue weighted by Gasteiger charge is -2.28. The van der Waals surface area contributed by atoms with Gasteiger partial charge in [-0.1, -0.05) is 12.1 Å². The van der Waals surface area contributed by atoms with Gasteiger partial charge in [0.05, 0.1) is 11.5 Å². The summed E-state index contributed by atoms with van der Waals surface area (Å²) >= 11 is 1.56. The molecule has 1 aliphatic heterocycles. The maximum atomic E-state index is 12.1. The van der Waals surface area contributed by atoms with Crippen molar-refractivity contribution in [2.75, 3.05) is 13.2 Å². The first-order valence-electron chi connectivity index (χ1n) is 10.9. The molecule has 4 rings (SSSR count). The minimum absolute atomic E-state index is 0. The van der Waals surface area contributed by atoms with Gasteiger partial charge in [-0.05, 0) is 80.1 Å². The van der Waals surface area contributed by atoms with E-state index in [-0.39, 0.29) is 30.6 Å². The van der Waals surface area contributed by atoms with Gasteiger partial charge >= 0.3 is 5.97 Å². The van der Waals surface area contributed by atoms with Gasteiger partial charge in [-0.2, -0.15) is 0 Å². The molecule has 2 heterocycles. The van der Waals surface area contributed by atoms with E-state index in [9.17, 15) is 9.90 Å². The minimum Gasteiger partial charge on any atom is -0.491 e. The molecule has 7 nitrogen and oxygen atoms in total. The first-order valence-corrected chi connectivity index (χ1v) is 11.7. The van der Waals surface area contributed by atoms with E-state index in [2.05, 4.69) is 5.32 Å². The zero-order chi connectivity index (χ0) is 23.6. The molecule has 188 valence electrons. The second-order valence-corrected chi connectivity index (χ2v) is 9.74. The third kappa shape index (κ3) is 6.32. The number of hydrogen-bond acceptors (Lipinski definition) is 6. The molecule has 0 bridgehead atoms. The molecule has 0 amide bonds. The van der Waals surface area contributed by atoms with E-state index < -0.39 is 17.4 Å². The molecule has 1 fully saturated rings. The van der Waals surface area contributed by atoms with Gasteiger partial charge in [-0.25, -0.2) is 0 Å². The monoisotopic (exact) mass is 536 g/mol. The van der Waals surface area contributed by atoms with Crippen LogP contribution in [0.25, 0.3) is 10.1 Å². The molecule has 1 unspecified atom stereocenters. The Bertz CT molecular complexity index is 1210. The Morgan fingerprint density at radius 3 is 2.49 bits per heavy atom. The van der Waals surface area contributed by atoms with E-state index in [1.54, 1.807) is 42.5 Å². The number of carboxylic acids is 1. The van der Waals surface area contributed by atoms with E-state index in [4.69, 9.17) is 21.3 Å². The average Bonchev–Trinajstić information content (AvgIpc) is 3.43. The van der Waals surface area contributed by atoms with Gasteiger partial charge < -0.3 is 26.3 Å². The molecule has 3 aromatic rings. The van der Waals surface area contributed by atoms with Crippen LogP contribution in [0.4, 0.5) is 0 Å². The number of nitrogens with two attached hydrogens (primary N) is 1. The SMILES string of the molecule is CC(=N)[C@]1(COc2ccc(C(Cc3cc4cc(C(=N)N)ccc4s3)C(=O)O)cc2)CCCN1.Cl.Cl. The highest BCUT2D eigenvalue weighted by molar-refractivity contribution is 7.19. The fraction of sp³-hybridized carbons (Fsp3) is 0.320. The summed E-state index contributed by atoms with van der Waals surface area (Å²) in [6.45, 7) is 3.07. The Kier molecular flexibility index (Phi) is 9.68. The molecule has 1 aromatic heterocycles. The number of aliphatic carboxylic acids is 1. The van der Waals surface area contributed by atoms with E-state index >= 15 is 0 Å². The average molecular weight is 538 g/mol. The van der Waals surface area contributed by atoms with Crippen molar-refractivity contribution in [1.29, 1.82) is 10.8 Å². The van der Waals surface area contributed by atoms with Crippen molar-refractivity contribution >= 4 is 63.8 Å². The molecule has 0 radical (unpaired) electrons. The van der Waals surface area contributed by atoms with Gasteiger partial charge in [-0.15, -0.1) is 36.2 Å². The zero-order valence-corrected chi connectivity index (χ0v) is 21.7. The summed E-state index contributed by atoms with van der Waals surface area (Å²) in [5.74, 6) is -0.873. The van der Waals surface area contributed by atoms with Gasteiger partial charge in [-0.3, -0.25) is 10.2 Å². The van der Waals surface area contributed by atoms with Gasteiger partial charge in [0, 0.05) is 20.9 Å². The summed E-state index contributed by atoms with van der Waals surface area (Å²) in [7, 11) is 0. The lowest BCUT2D eigenvalue weighted by molar-refractivity contribution is -0.138. The lowest BCUT2D eigenvalue weighted by Crippen LogP contribution is -2.51. The predicted molar refractivity (Wildman–Crippen MR) is 147 cm³/mol. The number of halogens is 2. The molecule has 0 aliphatic carbocycles. The minimum atomic E-state index is -0.876. The lowest BCUT2D eigenvalue weighted by atomic mass is 9.93. The topological polar surface area (TPSA) is 132 Å². The number of fused-ring (bicyclic) bond motifs is 1. The van der Waals surface area contributed by atoms with Crippen LogP contribution < -0.4 is 15.8 Å². The highest BCUT2D eigenvalue weighted by atomic mass is 35.5. The highest BCUT2D eigenvalue weighted by Gasteiger charge is 2.36. The van der Waals surface area contributed by atoms with E-state index in [0.29, 0.717) is 35.6 Å². The van der Waals surface area contributed by atoms with Gasteiger partial charge in [0.1, 0.15) is 18.2 Å². The van der Waals surface area contributed by atoms with E-state index in [0.717, 1.165) is 34.3 Å². The van der Waals surface area contributed by atoms with Crippen molar-refractivity contribution in [1.82, 2.24) is 5.32 Å². The molecule has 2 aromatic carbocycles. The van der Waals surface area contributed by atoms with Crippen LogP contribution in [0.15, 0.2) is 48.5 Å². The van der Waals surface area contributed by atoms with Gasteiger partial charge in [0.15, 0.2) is 0 Å². The maximum Gasteiger partial charge on any atom is 0.311 e. The Hall–Kier alpha value is -2.65. The van der Waals surface area contributed by atoms with Crippen molar-refractivity contribution in [2.45, 2.75) is 37.6 Å². The molecule has 10 heteroatoms. The van der Waals surface area contributed by atoms with E-state index in [1.807, 2.05) is 24.3 Å². The number of nitrogens with one attached hydrogen (secondary N) is 3. The number of carbonyl (C=O) groups is 1. The normalized spacial score (nSPS) is 17.7. The molecule has 0 saturated carbocycles. The standard InChI is InChI=1S/C25H28N4O3S.2ClH/c1-15(26)25(9-2-10-29-25)14-32-19-6-3-16(4-7-19)21(24(30)31)13-20-12-18-11-17(23(27)28)5-8-22(18)33-20;;/h3-8,11-12,21,26,29H,2,9-10,13-14H2,1H3,(H3,27,28)(H,30,31);2*1H/t21?,25-;;/m1../s1. The third-order valence-electron chi connectivity index (χ3n) is 6.31. The largest absolute Gasteiger partial charge is 0.491 e. The number of rotatable bonds is 9. The van der Waals surface area contributed by atoms with Crippen LogP contribution in [0.5, 0.6) is 5.75 Å². The Morgan fingerprint density at radius 2 is 1.91 bits per heavy atom. The molecule has 35 heavy (non-hydrogen) atoms. The fourth-order valence-corrected chi connectivity index (χ4v) is 5.37. The Morgan fingerprint density at radius 1 is 1.20 bits per heavy atom. The molecular weight excluding hydrogens is 507 g/mol. The summed E-state index contributed by atoms with van der Waals surface area (Å²) in [6, 6.07) is 14.8. The zero-order valence-electron chi connectivity index (χ0n) is 19.3. The summed E-state index contributed by atoms with van der Waals surface area (Å²) < 4.78 is 7.00. The van der Waals surface area contributed by atoms with Crippen LogP contribution in [-0.2, 0) is 11.2 Å². The number of benzene rings is 2. The molecular formula is C25H30Cl2N4O3S. The first-order chi connectivity index (χ1) is 15.8. The third-order valence-corrected chi connectivity index (χ3v) is 7.45. The fourth-order valence-electron chi connectivity index (χ4n) is 4.28. The number of ether oxygens (including phenoxy) is 1. The molecule has 0 spiro atoms. The van der Waals surface area contributed by atoms with Crippen LogP contribution in [0.3, 0.4) is 0 Å². The number of amidine groups is 1. The van der Waals surface area contributed by atoms with Crippen molar-refractivity contribution in [2.24, 2.45) is 5.73 Å². The maximum absolute atomic E-state index is 12.1. The van der Waals surface area contributed by atoms with Crippen LogP contribution in [0.1, 0.15) is 41.7 Å². The van der Waals surface area contributed by atoms with Crippen molar-refractivity contribution in [3.05, 3.63) is 64.5 Å². The quantitative estimate of drug-likeness (QED) is 0.194. The van der Waals surface area contributed by atoms with Gasteiger partial charge in [0.25, 0.3) is 0 Å². The number of thiophene rings is 1. The number of hydrogen-bond donors (Lipinski definition) is 5. The first kappa shape index (κ1) is 28.6. The highest BCUT2D eigenvalue weighted by Crippen LogP contribution is 2.32. The van der Waals surface area contributed by atoms with Crippen molar-refractivity contribution < 1.29 is 14.6 Å². The van der Waals surface area contributed by atoms with E-state index in [1.165, 1.54) is 0 Å². The van der Waals surface area contributed by atoms with Crippen LogP contribution >= 0.6 is 36.2 Å². The summed E-state index contributed by atoms with van der Waals surface area (Å²) in [4.78, 5) is 13.0. The van der Waals surface area contributed by atoms with Crippen molar-refractivity contribution in [3.63, 3.8) is 0 Å². The molecule has 6 N–H and O–H groups in total. The van der Waals surface area contributed by atoms with Crippen LogP contribution in [0.2, 0.25) is 0 Å². The number of carboxylic acid groups (broad SMARTS) is 1.